The number of hydrogen-bond acceptors (Lipinski definition) is 0. The minimum atomic E-state index is -0.751. The van der Waals surface area contributed by atoms with Crippen molar-refractivity contribution < 1.29 is 27.1 Å². The minimum absolute atomic E-state index is 0.468. The Hall–Kier alpha value is -0.297. The van der Waals surface area contributed by atoms with Crippen LogP contribution in [0.15, 0.2) is 18.2 Å². The Bertz CT molecular complexity index is 202. The molecule has 1 aromatic rings. The first-order valence-electron chi connectivity index (χ1n) is 2.48. The third-order valence-corrected chi connectivity index (χ3v) is 2.18. The van der Waals surface area contributed by atoms with Crippen LogP contribution < -0.4 is 4.16 Å². The van der Waals surface area contributed by atoms with Gasteiger partial charge in [0, 0.05) is 0 Å². The third kappa shape index (κ3) is 1.33. The van der Waals surface area contributed by atoms with Gasteiger partial charge in [0.05, 0.1) is 0 Å². The molecule has 0 bridgehead atoms. The molecule has 0 N–H and O–H groups in total. The summed E-state index contributed by atoms with van der Waals surface area (Å²) in [5.74, 6) is -1.45. The van der Waals surface area contributed by atoms with Gasteiger partial charge >= 0.3 is 61.1 Å². The van der Waals surface area contributed by atoms with Gasteiger partial charge in [-0.3, -0.25) is 0 Å². The van der Waals surface area contributed by atoms with Gasteiger partial charge < -0.3 is 0 Å². The first kappa shape index (κ1) is 6.82. The zero-order valence-corrected chi connectivity index (χ0v) is 7.66. The molecule has 0 saturated carbocycles. The van der Waals surface area contributed by atoms with Gasteiger partial charge in [0.15, 0.2) is 0 Å². The molecule has 0 aromatic heterocycles. The fourth-order valence-electron chi connectivity index (χ4n) is 0.548. The van der Waals surface area contributed by atoms with E-state index < -0.39 is 11.6 Å². The maximum absolute atomic E-state index is 12.4. The molecule has 0 saturated heterocycles. The quantitative estimate of drug-likeness (QED) is 0.523. The van der Waals surface area contributed by atoms with E-state index in [2.05, 4.69) is 0 Å². The molecule has 0 aliphatic carbocycles. The zero-order valence-electron chi connectivity index (χ0n) is 4.70. The summed E-state index contributed by atoms with van der Waals surface area (Å²) in [5, 5.41) is 0. The van der Waals surface area contributed by atoms with Crippen LogP contribution >= 0.6 is 0 Å². The van der Waals surface area contributed by atoms with Crippen LogP contribution in [-0.2, 0) is 18.3 Å². The SMILES string of the molecule is Fc1ccc[c]([Zn])c1F. The van der Waals surface area contributed by atoms with E-state index in [9.17, 15) is 8.78 Å². The summed E-state index contributed by atoms with van der Waals surface area (Å²) >= 11 is 0.656. The van der Waals surface area contributed by atoms with Gasteiger partial charge in [-0.1, -0.05) is 0 Å². The molecule has 0 aliphatic heterocycles. The van der Waals surface area contributed by atoms with Gasteiger partial charge in [0.1, 0.15) is 0 Å². The molecule has 0 aliphatic rings. The third-order valence-electron chi connectivity index (χ3n) is 1.03. The van der Waals surface area contributed by atoms with E-state index in [1.165, 1.54) is 6.07 Å². The Kier molecular flexibility index (Phi) is 1.91. The first-order chi connectivity index (χ1) is 4.22. The van der Waals surface area contributed by atoms with E-state index in [0.717, 1.165) is 6.07 Å². The van der Waals surface area contributed by atoms with Crippen molar-refractivity contribution in [2.45, 2.75) is 0 Å². The molecule has 0 radical (unpaired) electrons. The van der Waals surface area contributed by atoms with E-state index in [1.807, 2.05) is 0 Å². The fourth-order valence-corrected chi connectivity index (χ4v) is 1.19. The topological polar surface area (TPSA) is 0 Å². The van der Waals surface area contributed by atoms with Crippen LogP contribution in [0.5, 0.6) is 0 Å². The molecular formula is C6H3F2Zn. The normalized spacial score (nSPS) is 9.78. The average Bonchev–Trinajstić information content (AvgIpc) is 1.83. The van der Waals surface area contributed by atoms with Crippen molar-refractivity contribution in [3.8, 4) is 0 Å². The van der Waals surface area contributed by atoms with E-state index >= 15 is 0 Å². The number of halogens is 2. The van der Waals surface area contributed by atoms with Crippen LogP contribution in [0.25, 0.3) is 0 Å². The monoisotopic (exact) mass is 177 g/mol. The molecule has 9 heavy (non-hydrogen) atoms. The first-order valence-corrected chi connectivity index (χ1v) is 3.96. The summed E-state index contributed by atoms with van der Waals surface area (Å²) in [5.41, 5.74) is 0. The summed E-state index contributed by atoms with van der Waals surface area (Å²) in [4.78, 5) is 0. The van der Waals surface area contributed by atoms with Crippen molar-refractivity contribution in [1.29, 1.82) is 0 Å². The predicted octanol–water partition coefficient (Wildman–Crippen LogP) is 1.14. The Morgan fingerprint density at radius 3 is 2.33 bits per heavy atom. The van der Waals surface area contributed by atoms with Crippen LogP contribution in [-0.4, -0.2) is 0 Å². The second kappa shape index (κ2) is 2.53. The summed E-state index contributed by atoms with van der Waals surface area (Å²) in [6.45, 7) is 0. The van der Waals surface area contributed by atoms with E-state index in [0.29, 0.717) is 22.5 Å². The molecule has 3 heteroatoms. The molecule has 0 heterocycles. The number of rotatable bonds is 0. The van der Waals surface area contributed by atoms with Gasteiger partial charge in [-0.2, -0.15) is 0 Å². The van der Waals surface area contributed by atoms with Crippen molar-refractivity contribution in [1.82, 2.24) is 0 Å². The van der Waals surface area contributed by atoms with E-state index in [-0.39, 0.29) is 0 Å². The molecule has 0 atom stereocenters. The van der Waals surface area contributed by atoms with Crippen LogP contribution in [0, 0.1) is 11.6 Å². The van der Waals surface area contributed by atoms with Gasteiger partial charge in [0.25, 0.3) is 0 Å². The number of benzene rings is 1. The van der Waals surface area contributed by atoms with Crippen LogP contribution in [0.1, 0.15) is 0 Å². The Morgan fingerprint density at radius 1 is 1.22 bits per heavy atom. The Labute approximate surface area is 61.6 Å². The molecular weight excluding hydrogens is 175 g/mol. The Balaban J connectivity index is 3.25. The van der Waals surface area contributed by atoms with Crippen molar-refractivity contribution in [3.05, 3.63) is 29.8 Å². The summed E-state index contributed by atoms with van der Waals surface area (Å²) in [6.07, 6.45) is 0. The molecule has 0 spiro atoms. The molecule has 0 fully saturated rings. The summed E-state index contributed by atoms with van der Waals surface area (Å²) < 4.78 is 25.1. The van der Waals surface area contributed by atoms with E-state index in [1.54, 1.807) is 6.07 Å². The van der Waals surface area contributed by atoms with E-state index in [4.69, 9.17) is 0 Å². The standard InChI is InChI=1S/C6H3F2.Zn/c7-5-3-1-2-4-6(5)8;/h1-3H;. The van der Waals surface area contributed by atoms with Crippen molar-refractivity contribution >= 4 is 4.16 Å². The van der Waals surface area contributed by atoms with Gasteiger partial charge in [-0.15, -0.1) is 0 Å². The number of hydrogen-bond donors (Lipinski definition) is 0. The Morgan fingerprint density at radius 2 is 1.89 bits per heavy atom. The second-order valence-corrected chi connectivity index (χ2v) is 3.31. The van der Waals surface area contributed by atoms with Crippen LogP contribution in [0.4, 0.5) is 8.78 Å². The van der Waals surface area contributed by atoms with Crippen molar-refractivity contribution in [2.75, 3.05) is 0 Å². The van der Waals surface area contributed by atoms with Gasteiger partial charge in [-0.05, 0) is 0 Å². The maximum atomic E-state index is 12.4. The molecule has 1 rings (SSSR count). The average molecular weight is 178 g/mol. The molecule has 0 unspecified atom stereocenters. The van der Waals surface area contributed by atoms with Crippen molar-refractivity contribution in [2.24, 2.45) is 0 Å². The summed E-state index contributed by atoms with van der Waals surface area (Å²) in [6, 6.07) is 4.21. The molecule has 43 valence electrons. The molecule has 1 aromatic carbocycles. The zero-order chi connectivity index (χ0) is 6.85. The second-order valence-electron chi connectivity index (χ2n) is 1.71. The van der Waals surface area contributed by atoms with Gasteiger partial charge in [0.2, 0.25) is 0 Å². The molecule has 0 nitrogen and oxygen atoms in total. The molecule has 0 amide bonds. The van der Waals surface area contributed by atoms with Crippen LogP contribution in [0.3, 0.4) is 0 Å². The van der Waals surface area contributed by atoms with Crippen LogP contribution in [0.2, 0.25) is 0 Å². The van der Waals surface area contributed by atoms with Crippen molar-refractivity contribution in [3.63, 3.8) is 0 Å². The van der Waals surface area contributed by atoms with Gasteiger partial charge in [-0.25, -0.2) is 0 Å². The predicted molar refractivity (Wildman–Crippen MR) is 26.0 cm³/mol. The summed E-state index contributed by atoms with van der Waals surface area (Å²) in [7, 11) is 0. The fraction of sp³-hybridized carbons (Fsp3) is 0.